The summed E-state index contributed by atoms with van der Waals surface area (Å²) in [4.78, 5) is 10.0. The molecule has 6 aromatic rings. The number of pyridine rings is 1. The van der Waals surface area contributed by atoms with Gasteiger partial charge in [-0.3, -0.25) is 9.55 Å². The SMILES string of the molecule is Cc1ncc2c(oc3ccccc32)c1-c1nc2ccccc2n1-c1c(C(C)C)cccc1C(C)C. The summed E-state index contributed by atoms with van der Waals surface area (Å²) in [7, 11) is 0. The van der Waals surface area contributed by atoms with Gasteiger partial charge in [-0.15, -0.1) is 0 Å². The molecule has 3 aromatic carbocycles. The van der Waals surface area contributed by atoms with Crippen molar-refractivity contribution in [1.82, 2.24) is 14.5 Å². The molecule has 0 saturated carbocycles. The van der Waals surface area contributed by atoms with Crippen LogP contribution in [0.25, 0.3) is 50.0 Å². The lowest BCUT2D eigenvalue weighted by molar-refractivity contribution is 0.668. The minimum atomic E-state index is 0.360. The lowest BCUT2D eigenvalue weighted by Gasteiger charge is -2.22. The van der Waals surface area contributed by atoms with Crippen LogP contribution in [0.1, 0.15) is 56.4 Å². The molecule has 4 heteroatoms. The minimum absolute atomic E-state index is 0.360. The number of aryl methyl sites for hydroxylation is 1. The van der Waals surface area contributed by atoms with Crippen LogP contribution in [0.2, 0.25) is 0 Å². The van der Waals surface area contributed by atoms with Gasteiger partial charge in [0.2, 0.25) is 0 Å². The van der Waals surface area contributed by atoms with Crippen LogP contribution in [0.5, 0.6) is 0 Å². The summed E-state index contributed by atoms with van der Waals surface area (Å²) in [6, 6.07) is 23.2. The zero-order valence-corrected chi connectivity index (χ0v) is 20.8. The number of furan rings is 1. The normalized spacial score (nSPS) is 12.1. The van der Waals surface area contributed by atoms with Gasteiger partial charge in [-0.1, -0.05) is 76.2 Å². The monoisotopic (exact) mass is 459 g/mol. The average molecular weight is 460 g/mol. The Bertz CT molecular complexity index is 1690. The van der Waals surface area contributed by atoms with E-state index in [0.717, 1.165) is 50.1 Å². The summed E-state index contributed by atoms with van der Waals surface area (Å²) in [6.45, 7) is 11.1. The molecule has 0 aliphatic rings. The predicted molar refractivity (Wildman–Crippen MR) is 144 cm³/mol. The average Bonchev–Trinajstić information content (AvgIpc) is 3.41. The number of aromatic nitrogens is 3. The first kappa shape index (κ1) is 21.6. The molecule has 0 amide bonds. The van der Waals surface area contributed by atoms with Crippen LogP contribution in [0, 0.1) is 6.92 Å². The van der Waals surface area contributed by atoms with E-state index in [1.165, 1.54) is 16.8 Å². The number of para-hydroxylation sites is 4. The highest BCUT2D eigenvalue weighted by atomic mass is 16.3. The fourth-order valence-corrected chi connectivity index (χ4v) is 5.22. The molecule has 0 N–H and O–H groups in total. The Morgan fingerprint density at radius 3 is 2.20 bits per heavy atom. The van der Waals surface area contributed by atoms with Gasteiger partial charge in [0.05, 0.1) is 28.0 Å². The van der Waals surface area contributed by atoms with Gasteiger partial charge >= 0.3 is 0 Å². The predicted octanol–water partition coefficient (Wildman–Crippen LogP) is 8.54. The van der Waals surface area contributed by atoms with Crippen molar-refractivity contribution in [2.24, 2.45) is 0 Å². The molecule has 3 aromatic heterocycles. The van der Waals surface area contributed by atoms with Gasteiger partial charge in [0, 0.05) is 17.0 Å². The fourth-order valence-electron chi connectivity index (χ4n) is 5.22. The molecule has 0 fully saturated rings. The van der Waals surface area contributed by atoms with Crippen LogP contribution in [-0.4, -0.2) is 14.5 Å². The maximum atomic E-state index is 6.47. The molecular weight excluding hydrogens is 430 g/mol. The Morgan fingerprint density at radius 1 is 0.771 bits per heavy atom. The minimum Gasteiger partial charge on any atom is -0.455 e. The molecule has 0 saturated heterocycles. The number of rotatable bonds is 4. The third kappa shape index (κ3) is 3.28. The Kier molecular flexibility index (Phi) is 4.99. The first-order valence-corrected chi connectivity index (χ1v) is 12.3. The second-order valence-electron chi connectivity index (χ2n) is 9.91. The number of nitrogens with zero attached hydrogens (tertiary/aromatic N) is 3. The molecule has 6 rings (SSSR count). The number of hydrogen-bond donors (Lipinski definition) is 0. The van der Waals surface area contributed by atoms with Crippen molar-refractivity contribution in [2.75, 3.05) is 0 Å². The van der Waals surface area contributed by atoms with Gasteiger partial charge in [0.15, 0.2) is 5.82 Å². The topological polar surface area (TPSA) is 43.9 Å². The molecule has 0 aliphatic heterocycles. The quantitative estimate of drug-likeness (QED) is 0.265. The molecule has 0 bridgehead atoms. The highest BCUT2D eigenvalue weighted by Crippen LogP contribution is 2.41. The zero-order chi connectivity index (χ0) is 24.3. The Morgan fingerprint density at radius 2 is 1.46 bits per heavy atom. The van der Waals surface area contributed by atoms with Crippen molar-refractivity contribution in [3.05, 3.63) is 89.7 Å². The second-order valence-corrected chi connectivity index (χ2v) is 9.91. The lowest BCUT2D eigenvalue weighted by atomic mass is 9.92. The van der Waals surface area contributed by atoms with Crippen molar-refractivity contribution in [2.45, 2.75) is 46.5 Å². The molecular formula is C31H29N3O. The van der Waals surface area contributed by atoms with Crippen molar-refractivity contribution >= 4 is 33.0 Å². The number of hydrogen-bond acceptors (Lipinski definition) is 3. The van der Waals surface area contributed by atoms with Gasteiger partial charge in [-0.25, -0.2) is 4.98 Å². The van der Waals surface area contributed by atoms with Crippen LogP contribution in [0.4, 0.5) is 0 Å². The zero-order valence-electron chi connectivity index (χ0n) is 20.8. The largest absolute Gasteiger partial charge is 0.455 e. The van der Waals surface area contributed by atoms with Crippen LogP contribution < -0.4 is 0 Å². The van der Waals surface area contributed by atoms with Gasteiger partial charge in [-0.05, 0) is 48.1 Å². The first-order valence-electron chi connectivity index (χ1n) is 12.3. The molecule has 0 atom stereocenters. The summed E-state index contributed by atoms with van der Waals surface area (Å²) >= 11 is 0. The van der Waals surface area contributed by atoms with Crippen molar-refractivity contribution < 1.29 is 4.42 Å². The van der Waals surface area contributed by atoms with Crippen LogP contribution in [0.3, 0.4) is 0 Å². The van der Waals surface area contributed by atoms with Gasteiger partial charge < -0.3 is 4.42 Å². The van der Waals surface area contributed by atoms with Crippen LogP contribution >= 0.6 is 0 Å². The Hall–Kier alpha value is -3.92. The standard InChI is InChI=1S/C31H29N3O/c1-18(2)21-12-10-13-22(19(3)4)29(21)34-26-15-8-7-14-25(26)33-31(34)28-20(5)32-17-24-23-11-6-9-16-27(23)35-30(24)28/h6-19H,1-5H3. The van der Waals surface area contributed by atoms with E-state index in [2.05, 4.69) is 74.7 Å². The fraction of sp³-hybridized carbons (Fsp3) is 0.226. The first-order chi connectivity index (χ1) is 17.0. The molecule has 174 valence electrons. The van der Waals surface area contributed by atoms with E-state index in [9.17, 15) is 0 Å². The van der Waals surface area contributed by atoms with Gasteiger partial charge in [0.1, 0.15) is 11.2 Å². The Labute approximate surface area is 205 Å². The summed E-state index contributed by atoms with van der Waals surface area (Å²) in [5.74, 6) is 1.59. The third-order valence-corrected chi connectivity index (χ3v) is 6.96. The van der Waals surface area contributed by atoms with Crippen molar-refractivity contribution in [3.63, 3.8) is 0 Å². The maximum absolute atomic E-state index is 6.47. The molecule has 35 heavy (non-hydrogen) atoms. The van der Waals surface area contributed by atoms with Crippen LogP contribution in [0.15, 0.2) is 77.3 Å². The van der Waals surface area contributed by atoms with Crippen molar-refractivity contribution in [3.8, 4) is 17.1 Å². The van der Waals surface area contributed by atoms with Crippen LogP contribution in [-0.2, 0) is 0 Å². The number of benzene rings is 3. The summed E-state index contributed by atoms with van der Waals surface area (Å²) in [5, 5.41) is 2.09. The number of fused-ring (bicyclic) bond motifs is 4. The third-order valence-electron chi connectivity index (χ3n) is 6.96. The molecule has 0 unspecified atom stereocenters. The van der Waals surface area contributed by atoms with E-state index in [1.807, 2.05) is 37.4 Å². The summed E-state index contributed by atoms with van der Waals surface area (Å²) in [6.07, 6.45) is 1.93. The molecule has 0 spiro atoms. The smallest absolute Gasteiger partial charge is 0.151 e. The second kappa shape index (κ2) is 8.09. The van der Waals surface area contributed by atoms with E-state index in [1.54, 1.807) is 0 Å². The molecule has 4 nitrogen and oxygen atoms in total. The van der Waals surface area contributed by atoms with Gasteiger partial charge in [0.25, 0.3) is 0 Å². The van der Waals surface area contributed by atoms with E-state index in [0.29, 0.717) is 11.8 Å². The molecule has 0 aliphatic carbocycles. The molecule has 0 radical (unpaired) electrons. The lowest BCUT2D eigenvalue weighted by Crippen LogP contribution is -2.09. The van der Waals surface area contributed by atoms with E-state index in [-0.39, 0.29) is 0 Å². The summed E-state index contributed by atoms with van der Waals surface area (Å²) in [5.41, 5.74) is 9.44. The highest BCUT2D eigenvalue weighted by molar-refractivity contribution is 6.09. The molecule has 3 heterocycles. The van der Waals surface area contributed by atoms with Crippen molar-refractivity contribution in [1.29, 1.82) is 0 Å². The highest BCUT2D eigenvalue weighted by Gasteiger charge is 2.25. The summed E-state index contributed by atoms with van der Waals surface area (Å²) < 4.78 is 8.81. The van der Waals surface area contributed by atoms with E-state index < -0.39 is 0 Å². The maximum Gasteiger partial charge on any atom is 0.151 e. The Balaban J connectivity index is 1.80. The number of imidazole rings is 1. The van der Waals surface area contributed by atoms with E-state index >= 15 is 0 Å². The van der Waals surface area contributed by atoms with E-state index in [4.69, 9.17) is 14.4 Å². The van der Waals surface area contributed by atoms with Gasteiger partial charge in [-0.2, -0.15) is 0 Å².